The summed E-state index contributed by atoms with van der Waals surface area (Å²) in [5, 5.41) is 0. The maximum Gasteiger partial charge on any atom is 0.0198 e. The Morgan fingerprint density at radius 2 is 1.94 bits per heavy atom. The summed E-state index contributed by atoms with van der Waals surface area (Å²) < 4.78 is 0. The number of nitrogens with zero attached hydrogens (tertiary/aromatic N) is 1. The monoisotopic (exact) mass is 237 g/mol. The van der Waals surface area contributed by atoms with E-state index < -0.39 is 0 Å². The fraction of sp³-hybridized carbons (Fsp3) is 0.750. The summed E-state index contributed by atoms with van der Waals surface area (Å²) in [6.45, 7) is 15.3. The maximum atomic E-state index is 3.83. The molecule has 0 rings (SSSR count). The Morgan fingerprint density at radius 3 is 2.41 bits per heavy atom. The summed E-state index contributed by atoms with van der Waals surface area (Å²) >= 11 is 0. The van der Waals surface area contributed by atoms with Gasteiger partial charge in [0.25, 0.3) is 0 Å². The van der Waals surface area contributed by atoms with Crippen molar-refractivity contribution in [2.45, 2.75) is 65.8 Å². The fourth-order valence-corrected chi connectivity index (χ4v) is 2.05. The maximum absolute atomic E-state index is 3.83. The van der Waals surface area contributed by atoms with Crippen molar-refractivity contribution in [2.75, 3.05) is 13.1 Å². The molecular formula is C16H31N. The van der Waals surface area contributed by atoms with Crippen LogP contribution in [0.3, 0.4) is 0 Å². The zero-order chi connectivity index (χ0) is 13.1. The molecular weight excluding hydrogens is 206 g/mol. The third-order valence-electron chi connectivity index (χ3n) is 3.34. The largest absolute Gasteiger partial charge is 0.297 e. The van der Waals surface area contributed by atoms with Gasteiger partial charge in [0.2, 0.25) is 0 Å². The topological polar surface area (TPSA) is 3.24 Å². The molecule has 100 valence electrons. The molecule has 0 saturated heterocycles. The van der Waals surface area contributed by atoms with Crippen molar-refractivity contribution >= 4 is 0 Å². The molecule has 0 fully saturated rings. The van der Waals surface area contributed by atoms with E-state index in [-0.39, 0.29) is 0 Å². The predicted octanol–water partition coefficient (Wildman–Crippen LogP) is 4.80. The minimum atomic E-state index is 0.685. The van der Waals surface area contributed by atoms with Gasteiger partial charge in [-0.05, 0) is 39.2 Å². The lowest BCUT2D eigenvalue weighted by atomic mass is 10.1. The van der Waals surface area contributed by atoms with E-state index in [0.717, 1.165) is 6.54 Å². The van der Waals surface area contributed by atoms with Crippen LogP contribution in [0.4, 0.5) is 0 Å². The molecule has 0 radical (unpaired) electrons. The molecule has 0 amide bonds. The Morgan fingerprint density at radius 1 is 1.24 bits per heavy atom. The normalized spacial score (nSPS) is 14.1. The van der Waals surface area contributed by atoms with Gasteiger partial charge in [-0.15, -0.1) is 0 Å². The van der Waals surface area contributed by atoms with Gasteiger partial charge < -0.3 is 0 Å². The first kappa shape index (κ1) is 16.4. The molecule has 0 N–H and O–H groups in total. The highest BCUT2D eigenvalue weighted by Crippen LogP contribution is 2.13. The summed E-state index contributed by atoms with van der Waals surface area (Å²) in [6, 6.07) is 0.685. The van der Waals surface area contributed by atoms with Crippen molar-refractivity contribution in [2.24, 2.45) is 0 Å². The SMILES string of the molecule is C=C/C=C(\CCCC)CN(CCC)C(C)CC. The second-order valence-corrected chi connectivity index (χ2v) is 4.89. The van der Waals surface area contributed by atoms with Gasteiger partial charge in [-0.2, -0.15) is 0 Å². The van der Waals surface area contributed by atoms with Gasteiger partial charge in [0, 0.05) is 12.6 Å². The third kappa shape index (κ3) is 7.38. The van der Waals surface area contributed by atoms with Gasteiger partial charge >= 0.3 is 0 Å². The van der Waals surface area contributed by atoms with Crippen molar-refractivity contribution < 1.29 is 0 Å². The first-order valence-corrected chi connectivity index (χ1v) is 7.23. The summed E-state index contributed by atoms with van der Waals surface area (Å²) in [5.74, 6) is 0. The van der Waals surface area contributed by atoms with E-state index in [2.05, 4.69) is 45.2 Å². The smallest absolute Gasteiger partial charge is 0.0198 e. The minimum absolute atomic E-state index is 0.685. The van der Waals surface area contributed by atoms with Crippen molar-refractivity contribution in [1.82, 2.24) is 4.90 Å². The molecule has 0 heterocycles. The van der Waals surface area contributed by atoms with E-state index >= 15 is 0 Å². The highest BCUT2D eigenvalue weighted by atomic mass is 15.1. The van der Waals surface area contributed by atoms with Crippen LogP contribution in [0.15, 0.2) is 24.3 Å². The first-order chi connectivity index (χ1) is 8.19. The third-order valence-corrected chi connectivity index (χ3v) is 3.34. The minimum Gasteiger partial charge on any atom is -0.297 e. The summed E-state index contributed by atoms with van der Waals surface area (Å²) in [7, 11) is 0. The van der Waals surface area contributed by atoms with Gasteiger partial charge in [0.05, 0.1) is 0 Å². The van der Waals surface area contributed by atoms with Crippen molar-refractivity contribution in [1.29, 1.82) is 0 Å². The van der Waals surface area contributed by atoms with Crippen LogP contribution < -0.4 is 0 Å². The van der Waals surface area contributed by atoms with Crippen molar-refractivity contribution in [3.63, 3.8) is 0 Å². The first-order valence-electron chi connectivity index (χ1n) is 7.23. The van der Waals surface area contributed by atoms with Gasteiger partial charge in [-0.3, -0.25) is 4.90 Å². The molecule has 0 aliphatic rings. The van der Waals surface area contributed by atoms with E-state index in [1.807, 2.05) is 6.08 Å². The van der Waals surface area contributed by atoms with Crippen molar-refractivity contribution in [3.05, 3.63) is 24.3 Å². The van der Waals surface area contributed by atoms with Gasteiger partial charge in [0.15, 0.2) is 0 Å². The summed E-state index contributed by atoms with van der Waals surface area (Å²) in [5.41, 5.74) is 1.54. The second kappa shape index (κ2) is 10.6. The average molecular weight is 237 g/mol. The number of rotatable bonds is 10. The molecule has 0 aliphatic carbocycles. The highest BCUT2D eigenvalue weighted by Gasteiger charge is 2.12. The number of unbranched alkanes of at least 4 members (excludes halogenated alkanes) is 1. The molecule has 1 nitrogen and oxygen atoms in total. The predicted molar refractivity (Wildman–Crippen MR) is 79.4 cm³/mol. The average Bonchev–Trinajstić information content (AvgIpc) is 2.34. The Kier molecular flexibility index (Phi) is 10.2. The summed E-state index contributed by atoms with van der Waals surface area (Å²) in [4.78, 5) is 2.60. The van der Waals surface area contributed by atoms with Gasteiger partial charge in [-0.1, -0.05) is 51.5 Å². The lowest BCUT2D eigenvalue weighted by Crippen LogP contribution is -2.35. The molecule has 1 heteroatoms. The van der Waals surface area contributed by atoms with Crippen LogP contribution in [-0.2, 0) is 0 Å². The zero-order valence-electron chi connectivity index (χ0n) is 12.3. The zero-order valence-corrected chi connectivity index (χ0v) is 12.3. The molecule has 0 aromatic heterocycles. The van der Waals surface area contributed by atoms with Crippen LogP contribution in [0, 0.1) is 0 Å². The standard InChI is InChI=1S/C16H31N/c1-6-10-12-16(11-7-2)14-17(13-8-3)15(5)9-4/h7,11,15H,2,6,8-10,12-14H2,1,3-5H3/b16-11+. The molecule has 0 spiro atoms. The number of hydrogen-bond donors (Lipinski definition) is 0. The Hall–Kier alpha value is -0.560. The fourth-order valence-electron chi connectivity index (χ4n) is 2.05. The van der Waals surface area contributed by atoms with E-state index in [4.69, 9.17) is 0 Å². The quantitative estimate of drug-likeness (QED) is 0.493. The molecule has 0 aromatic rings. The van der Waals surface area contributed by atoms with Crippen LogP contribution in [0.5, 0.6) is 0 Å². The van der Waals surface area contributed by atoms with Gasteiger partial charge in [-0.25, -0.2) is 0 Å². The number of allylic oxidation sites excluding steroid dienone is 2. The van der Waals surface area contributed by atoms with Crippen LogP contribution in [-0.4, -0.2) is 24.0 Å². The van der Waals surface area contributed by atoms with Crippen LogP contribution in [0.2, 0.25) is 0 Å². The molecule has 1 atom stereocenters. The molecule has 0 aromatic carbocycles. The Balaban J connectivity index is 4.44. The Labute approximate surface area is 109 Å². The molecule has 0 aliphatic heterocycles. The Bertz CT molecular complexity index is 218. The van der Waals surface area contributed by atoms with Crippen LogP contribution >= 0.6 is 0 Å². The lowest BCUT2D eigenvalue weighted by molar-refractivity contribution is 0.219. The number of hydrogen-bond acceptors (Lipinski definition) is 1. The van der Waals surface area contributed by atoms with Crippen LogP contribution in [0.1, 0.15) is 59.8 Å². The molecule has 0 bridgehead atoms. The molecule has 17 heavy (non-hydrogen) atoms. The van der Waals surface area contributed by atoms with E-state index in [0.29, 0.717) is 6.04 Å². The molecule has 0 saturated carbocycles. The van der Waals surface area contributed by atoms with Crippen molar-refractivity contribution in [3.8, 4) is 0 Å². The van der Waals surface area contributed by atoms with E-state index in [1.165, 1.54) is 44.2 Å². The van der Waals surface area contributed by atoms with E-state index in [9.17, 15) is 0 Å². The highest BCUT2D eigenvalue weighted by molar-refractivity contribution is 5.12. The van der Waals surface area contributed by atoms with E-state index in [1.54, 1.807) is 0 Å². The van der Waals surface area contributed by atoms with Crippen LogP contribution in [0.25, 0.3) is 0 Å². The second-order valence-electron chi connectivity index (χ2n) is 4.89. The van der Waals surface area contributed by atoms with Gasteiger partial charge in [0.1, 0.15) is 0 Å². The lowest BCUT2D eigenvalue weighted by Gasteiger charge is -2.29. The molecule has 1 unspecified atom stereocenters. The summed E-state index contributed by atoms with van der Waals surface area (Å²) in [6.07, 6.45) is 10.4.